The lowest BCUT2D eigenvalue weighted by molar-refractivity contribution is -0.139. The molecule has 2 aliphatic heterocycles. The van der Waals surface area contributed by atoms with E-state index in [0.717, 1.165) is 43.8 Å². The Bertz CT molecular complexity index is 454. The van der Waals surface area contributed by atoms with Gasteiger partial charge in [0.1, 0.15) is 6.61 Å². The van der Waals surface area contributed by atoms with Crippen LogP contribution in [0.1, 0.15) is 30.7 Å². The fourth-order valence-electron chi connectivity index (χ4n) is 2.73. The molecule has 1 fully saturated rings. The summed E-state index contributed by atoms with van der Waals surface area (Å²) >= 11 is 0. The van der Waals surface area contributed by atoms with Crippen molar-refractivity contribution in [3.05, 3.63) is 17.7 Å². The Balaban J connectivity index is 1.41. The Morgan fingerprint density at radius 3 is 3.35 bits per heavy atom. The van der Waals surface area contributed by atoms with Crippen LogP contribution in [-0.4, -0.2) is 53.2 Å². The van der Waals surface area contributed by atoms with Crippen LogP contribution in [0.5, 0.6) is 0 Å². The zero-order chi connectivity index (χ0) is 13.8. The third-order valence-electron chi connectivity index (χ3n) is 3.93. The van der Waals surface area contributed by atoms with Crippen molar-refractivity contribution in [2.45, 2.75) is 38.3 Å². The summed E-state index contributed by atoms with van der Waals surface area (Å²) in [7, 11) is 0. The highest BCUT2D eigenvalue weighted by Crippen LogP contribution is 2.15. The Kier molecular flexibility index (Phi) is 4.32. The van der Waals surface area contributed by atoms with E-state index in [2.05, 4.69) is 9.97 Å². The largest absolute Gasteiger partial charge is 0.376 e. The number of hydrogen-bond acceptors (Lipinski definition) is 4. The summed E-state index contributed by atoms with van der Waals surface area (Å²) < 4.78 is 11.1. The van der Waals surface area contributed by atoms with E-state index < -0.39 is 0 Å². The number of rotatable bonds is 4. The van der Waals surface area contributed by atoms with E-state index in [1.807, 2.05) is 4.90 Å². The summed E-state index contributed by atoms with van der Waals surface area (Å²) in [6.45, 7) is 2.81. The van der Waals surface area contributed by atoms with Gasteiger partial charge >= 0.3 is 0 Å². The Labute approximate surface area is 118 Å². The maximum Gasteiger partial charge on any atom is 0.248 e. The fourth-order valence-corrected chi connectivity index (χ4v) is 2.73. The van der Waals surface area contributed by atoms with Gasteiger partial charge in [0.25, 0.3) is 0 Å². The number of amides is 1. The van der Waals surface area contributed by atoms with Crippen molar-refractivity contribution in [1.29, 1.82) is 0 Å². The van der Waals surface area contributed by atoms with Gasteiger partial charge in [-0.05, 0) is 19.3 Å². The Morgan fingerprint density at radius 1 is 1.55 bits per heavy atom. The number of nitrogens with one attached hydrogen (secondary N) is 1. The quantitative estimate of drug-likeness (QED) is 0.888. The normalized spacial score (nSPS) is 22.6. The molecule has 1 N–H and O–H groups in total. The maximum atomic E-state index is 12.1. The molecular formula is C14H21N3O3. The third kappa shape index (κ3) is 3.19. The molecule has 110 valence electrons. The van der Waals surface area contributed by atoms with Gasteiger partial charge in [0.05, 0.1) is 37.0 Å². The predicted octanol–water partition coefficient (Wildman–Crippen LogP) is 0.880. The molecule has 1 saturated heterocycles. The van der Waals surface area contributed by atoms with E-state index in [4.69, 9.17) is 9.47 Å². The number of carbonyl (C=O) groups is 1. The molecule has 6 nitrogen and oxygen atoms in total. The monoisotopic (exact) mass is 279 g/mol. The highest BCUT2D eigenvalue weighted by Gasteiger charge is 2.22. The van der Waals surface area contributed by atoms with Crippen molar-refractivity contribution >= 4 is 5.91 Å². The summed E-state index contributed by atoms with van der Waals surface area (Å²) in [5.41, 5.74) is 2.12. The van der Waals surface area contributed by atoms with Crippen LogP contribution in [0.25, 0.3) is 0 Å². The van der Waals surface area contributed by atoms with Crippen LogP contribution in [0.2, 0.25) is 0 Å². The lowest BCUT2D eigenvalue weighted by Gasteiger charge is -2.27. The summed E-state index contributed by atoms with van der Waals surface area (Å²) in [6.07, 6.45) is 6.03. The van der Waals surface area contributed by atoms with Gasteiger partial charge in [-0.2, -0.15) is 0 Å². The number of ether oxygens (including phenoxy) is 2. The molecule has 20 heavy (non-hydrogen) atoms. The van der Waals surface area contributed by atoms with Crippen LogP contribution in [-0.2, 0) is 27.2 Å². The predicted molar refractivity (Wildman–Crippen MR) is 72.1 cm³/mol. The number of carbonyl (C=O) groups excluding carboxylic acids is 1. The van der Waals surface area contributed by atoms with E-state index in [9.17, 15) is 4.79 Å². The minimum atomic E-state index is 0.0426. The summed E-state index contributed by atoms with van der Waals surface area (Å²) in [5.74, 6) is 0.0426. The molecule has 1 atom stereocenters. The zero-order valence-corrected chi connectivity index (χ0v) is 11.6. The van der Waals surface area contributed by atoms with Gasteiger partial charge in [-0.15, -0.1) is 0 Å². The molecule has 1 amide bonds. The summed E-state index contributed by atoms with van der Waals surface area (Å²) in [4.78, 5) is 21.2. The smallest absolute Gasteiger partial charge is 0.248 e. The molecule has 3 rings (SSSR count). The fraction of sp³-hybridized carbons (Fsp3) is 0.714. The first-order valence-electron chi connectivity index (χ1n) is 7.31. The lowest BCUT2D eigenvalue weighted by atomic mass is 10.1. The van der Waals surface area contributed by atoms with Crippen molar-refractivity contribution in [1.82, 2.24) is 14.9 Å². The number of fused-ring (bicyclic) bond motifs is 1. The third-order valence-corrected chi connectivity index (χ3v) is 3.93. The van der Waals surface area contributed by atoms with Crippen LogP contribution in [0.15, 0.2) is 6.33 Å². The molecular weight excluding hydrogens is 258 g/mol. The number of aromatic nitrogens is 2. The van der Waals surface area contributed by atoms with Crippen molar-refractivity contribution in [2.24, 2.45) is 0 Å². The SMILES string of the molecule is O=C(COC[C@H]1CCCCO1)N1CCc2nc[nH]c2C1. The first kappa shape index (κ1) is 13.6. The average molecular weight is 279 g/mol. The second-order valence-corrected chi connectivity index (χ2v) is 5.40. The molecule has 0 spiro atoms. The number of nitrogens with zero attached hydrogens (tertiary/aromatic N) is 2. The lowest BCUT2D eigenvalue weighted by Crippen LogP contribution is -2.39. The van der Waals surface area contributed by atoms with Crippen LogP contribution in [0, 0.1) is 0 Å². The van der Waals surface area contributed by atoms with E-state index in [0.29, 0.717) is 13.2 Å². The second-order valence-electron chi connectivity index (χ2n) is 5.40. The highest BCUT2D eigenvalue weighted by atomic mass is 16.5. The average Bonchev–Trinajstić information content (AvgIpc) is 2.95. The van der Waals surface area contributed by atoms with Gasteiger partial charge in [0.15, 0.2) is 0 Å². The van der Waals surface area contributed by atoms with Crippen molar-refractivity contribution < 1.29 is 14.3 Å². The van der Waals surface area contributed by atoms with E-state index in [1.54, 1.807) is 6.33 Å². The van der Waals surface area contributed by atoms with Crippen LogP contribution in [0.4, 0.5) is 0 Å². The summed E-state index contributed by atoms with van der Waals surface area (Å²) in [5, 5.41) is 0. The van der Waals surface area contributed by atoms with E-state index in [1.165, 1.54) is 6.42 Å². The molecule has 2 aliphatic rings. The minimum Gasteiger partial charge on any atom is -0.376 e. The molecule has 0 unspecified atom stereocenters. The molecule has 0 aromatic carbocycles. The number of hydrogen-bond donors (Lipinski definition) is 1. The van der Waals surface area contributed by atoms with Gasteiger partial charge in [0.2, 0.25) is 5.91 Å². The van der Waals surface area contributed by atoms with Gasteiger partial charge in [-0.25, -0.2) is 4.98 Å². The molecule has 0 saturated carbocycles. The van der Waals surface area contributed by atoms with Gasteiger partial charge in [-0.1, -0.05) is 0 Å². The molecule has 3 heterocycles. The number of H-pyrrole nitrogens is 1. The van der Waals surface area contributed by atoms with Crippen molar-refractivity contribution in [3.8, 4) is 0 Å². The van der Waals surface area contributed by atoms with E-state index in [-0.39, 0.29) is 18.6 Å². The van der Waals surface area contributed by atoms with Crippen molar-refractivity contribution in [2.75, 3.05) is 26.4 Å². The van der Waals surface area contributed by atoms with Crippen molar-refractivity contribution in [3.63, 3.8) is 0 Å². The van der Waals surface area contributed by atoms with Crippen LogP contribution >= 0.6 is 0 Å². The van der Waals surface area contributed by atoms with Gasteiger partial charge in [0, 0.05) is 19.6 Å². The molecule has 0 aliphatic carbocycles. The first-order valence-corrected chi connectivity index (χ1v) is 7.31. The van der Waals surface area contributed by atoms with Gasteiger partial charge in [-0.3, -0.25) is 4.79 Å². The molecule has 1 aromatic rings. The summed E-state index contributed by atoms with van der Waals surface area (Å²) in [6, 6.07) is 0. The highest BCUT2D eigenvalue weighted by molar-refractivity contribution is 5.77. The van der Waals surface area contributed by atoms with E-state index >= 15 is 0 Å². The van der Waals surface area contributed by atoms with Gasteiger partial charge < -0.3 is 19.4 Å². The Hall–Kier alpha value is -1.40. The Morgan fingerprint density at radius 2 is 2.50 bits per heavy atom. The second kappa shape index (κ2) is 6.37. The number of imidazole rings is 1. The first-order chi connectivity index (χ1) is 9.83. The molecule has 6 heteroatoms. The van der Waals surface area contributed by atoms with Crippen LogP contribution in [0.3, 0.4) is 0 Å². The maximum absolute atomic E-state index is 12.1. The van der Waals surface area contributed by atoms with Crippen LogP contribution < -0.4 is 0 Å². The molecule has 1 aromatic heterocycles. The molecule has 0 bridgehead atoms. The standard InChI is InChI=1S/C14H21N3O3/c18-14(9-19-8-11-3-1-2-6-20-11)17-5-4-12-13(7-17)16-10-15-12/h10-11H,1-9H2,(H,15,16)/t11-/m1/s1. The zero-order valence-electron chi connectivity index (χ0n) is 11.6. The minimum absolute atomic E-state index is 0.0426. The topological polar surface area (TPSA) is 67.5 Å². The molecule has 0 radical (unpaired) electrons. The number of aromatic amines is 1.